The summed E-state index contributed by atoms with van der Waals surface area (Å²) in [5.74, 6) is -0.0401. The third kappa shape index (κ3) is 3.91. The zero-order chi connectivity index (χ0) is 17.1. The summed E-state index contributed by atoms with van der Waals surface area (Å²) < 4.78 is 2.13. The first-order valence-electron chi connectivity index (χ1n) is 7.57. The Bertz CT molecular complexity index is 884. The van der Waals surface area contributed by atoms with Crippen molar-refractivity contribution in [3.05, 3.63) is 69.1 Å². The van der Waals surface area contributed by atoms with Gasteiger partial charge in [-0.3, -0.25) is 4.79 Å². The Kier molecular flexibility index (Phi) is 5.11. The highest BCUT2D eigenvalue weighted by Crippen LogP contribution is 2.23. The molecule has 1 heterocycles. The van der Waals surface area contributed by atoms with Gasteiger partial charge in [-0.15, -0.1) is 11.3 Å². The molecule has 0 aliphatic rings. The molecule has 0 spiro atoms. The average Bonchev–Trinajstić information content (AvgIpc) is 2.95. The number of para-hydroxylation sites is 1. The van der Waals surface area contributed by atoms with Crippen LogP contribution in [0, 0.1) is 6.92 Å². The maximum absolute atomic E-state index is 12.3. The van der Waals surface area contributed by atoms with E-state index in [0.29, 0.717) is 6.54 Å². The summed E-state index contributed by atoms with van der Waals surface area (Å²) in [6.45, 7) is 2.55. The van der Waals surface area contributed by atoms with Crippen LogP contribution in [0.1, 0.15) is 16.1 Å². The summed E-state index contributed by atoms with van der Waals surface area (Å²) >= 11 is 5.15. The summed E-state index contributed by atoms with van der Waals surface area (Å²) in [7, 11) is 1.79. The number of halogens is 1. The lowest BCUT2D eigenvalue weighted by atomic mass is 10.1. The van der Waals surface area contributed by atoms with Crippen LogP contribution in [0.15, 0.2) is 53.0 Å². The molecule has 0 atom stereocenters. The van der Waals surface area contributed by atoms with Crippen LogP contribution in [0.4, 0.5) is 0 Å². The summed E-state index contributed by atoms with van der Waals surface area (Å²) in [5, 5.41) is 0.942. The van der Waals surface area contributed by atoms with Gasteiger partial charge in [0.25, 0.3) is 0 Å². The first-order chi connectivity index (χ1) is 11.5. The lowest BCUT2D eigenvalue weighted by molar-refractivity contribution is -0.125. The Hall–Kier alpha value is -1.98. The number of hydrogen-bond acceptors (Lipinski definition) is 3. The lowest BCUT2D eigenvalue weighted by Crippen LogP contribution is -2.23. The second-order valence-corrected chi connectivity index (χ2v) is 7.60. The molecule has 0 bridgehead atoms. The van der Waals surface area contributed by atoms with Crippen LogP contribution in [-0.4, -0.2) is 22.8 Å². The Morgan fingerprint density at radius 3 is 2.83 bits per heavy atom. The van der Waals surface area contributed by atoms with Gasteiger partial charge in [-0.1, -0.05) is 40.2 Å². The predicted molar refractivity (Wildman–Crippen MR) is 104 cm³/mol. The van der Waals surface area contributed by atoms with Gasteiger partial charge in [-0.2, -0.15) is 0 Å². The van der Waals surface area contributed by atoms with E-state index in [2.05, 4.69) is 20.9 Å². The fraction of sp³-hybridized carbons (Fsp3) is 0.158. The summed E-state index contributed by atoms with van der Waals surface area (Å²) in [6.07, 6.45) is 3.43. The van der Waals surface area contributed by atoms with Crippen LogP contribution < -0.4 is 0 Å². The molecule has 0 saturated carbocycles. The molecule has 3 aromatic rings. The van der Waals surface area contributed by atoms with E-state index in [-0.39, 0.29) is 5.91 Å². The predicted octanol–water partition coefficient (Wildman–Crippen LogP) is 5.04. The first kappa shape index (κ1) is 16.9. The molecular formula is C19H17BrN2OS. The topological polar surface area (TPSA) is 33.2 Å². The minimum absolute atomic E-state index is 0.0401. The normalized spacial score (nSPS) is 11.3. The number of rotatable bonds is 4. The number of thiazole rings is 1. The Morgan fingerprint density at radius 1 is 1.29 bits per heavy atom. The van der Waals surface area contributed by atoms with Gasteiger partial charge in [0, 0.05) is 17.6 Å². The SMILES string of the molecule is Cc1ccc(/C=C/C(=O)N(C)Cc2nc3ccccc3s2)c(Br)c1. The van der Waals surface area contributed by atoms with E-state index in [0.717, 1.165) is 25.3 Å². The molecule has 0 aliphatic heterocycles. The minimum atomic E-state index is -0.0401. The third-order valence-electron chi connectivity index (χ3n) is 3.65. The molecule has 0 radical (unpaired) electrons. The molecule has 1 amide bonds. The standard InChI is InChI=1S/C19H17BrN2OS/c1-13-7-8-14(15(20)11-13)9-10-19(23)22(2)12-18-21-16-5-3-4-6-17(16)24-18/h3-11H,12H2,1-2H3/b10-9+. The highest BCUT2D eigenvalue weighted by Gasteiger charge is 2.10. The summed E-state index contributed by atoms with van der Waals surface area (Å²) in [6, 6.07) is 14.1. The molecule has 3 rings (SSSR count). The quantitative estimate of drug-likeness (QED) is 0.574. The molecule has 3 nitrogen and oxygen atoms in total. The number of hydrogen-bond donors (Lipinski definition) is 0. The largest absolute Gasteiger partial charge is 0.335 e. The fourth-order valence-corrected chi connectivity index (χ4v) is 3.97. The van der Waals surface area contributed by atoms with Crippen molar-refractivity contribution in [2.75, 3.05) is 7.05 Å². The zero-order valence-electron chi connectivity index (χ0n) is 13.5. The van der Waals surface area contributed by atoms with Gasteiger partial charge < -0.3 is 4.90 Å². The zero-order valence-corrected chi connectivity index (χ0v) is 15.9. The van der Waals surface area contributed by atoms with E-state index in [1.54, 1.807) is 29.4 Å². The lowest BCUT2D eigenvalue weighted by Gasteiger charge is -2.12. The highest BCUT2D eigenvalue weighted by molar-refractivity contribution is 9.10. The Balaban J connectivity index is 1.69. The number of fused-ring (bicyclic) bond motifs is 1. The number of amides is 1. The second-order valence-electron chi connectivity index (χ2n) is 5.63. The van der Waals surface area contributed by atoms with Gasteiger partial charge in [0.05, 0.1) is 16.8 Å². The van der Waals surface area contributed by atoms with Crippen molar-refractivity contribution in [2.24, 2.45) is 0 Å². The smallest absolute Gasteiger partial charge is 0.246 e. The first-order valence-corrected chi connectivity index (χ1v) is 9.17. The van der Waals surface area contributed by atoms with Crippen molar-refractivity contribution < 1.29 is 4.79 Å². The van der Waals surface area contributed by atoms with Crippen molar-refractivity contribution >= 4 is 49.5 Å². The van der Waals surface area contributed by atoms with E-state index in [4.69, 9.17) is 0 Å². The molecule has 0 N–H and O–H groups in total. The van der Waals surface area contributed by atoms with Crippen LogP contribution >= 0.6 is 27.3 Å². The van der Waals surface area contributed by atoms with Gasteiger partial charge in [-0.25, -0.2) is 4.98 Å². The van der Waals surface area contributed by atoms with Crippen molar-refractivity contribution in [3.8, 4) is 0 Å². The minimum Gasteiger partial charge on any atom is -0.335 e. The number of carbonyl (C=O) groups is 1. The van der Waals surface area contributed by atoms with Crippen molar-refractivity contribution in [1.29, 1.82) is 0 Å². The molecule has 0 aliphatic carbocycles. The van der Waals surface area contributed by atoms with Gasteiger partial charge >= 0.3 is 0 Å². The van der Waals surface area contributed by atoms with Crippen LogP contribution in [0.5, 0.6) is 0 Å². The Labute approximate surface area is 153 Å². The molecule has 0 unspecified atom stereocenters. The summed E-state index contributed by atoms with van der Waals surface area (Å²) in [4.78, 5) is 18.6. The fourth-order valence-electron chi connectivity index (χ4n) is 2.32. The van der Waals surface area contributed by atoms with Crippen LogP contribution in [-0.2, 0) is 11.3 Å². The number of aromatic nitrogens is 1. The van der Waals surface area contributed by atoms with Crippen LogP contribution in [0.25, 0.3) is 16.3 Å². The van der Waals surface area contributed by atoms with Gasteiger partial charge in [-0.05, 0) is 42.3 Å². The number of likely N-dealkylation sites (N-methyl/N-ethyl adjacent to an activating group) is 1. The third-order valence-corrected chi connectivity index (χ3v) is 5.36. The van der Waals surface area contributed by atoms with E-state index in [1.807, 2.05) is 55.5 Å². The molecular weight excluding hydrogens is 384 g/mol. The van der Waals surface area contributed by atoms with Crippen LogP contribution in [0.3, 0.4) is 0 Å². The van der Waals surface area contributed by atoms with E-state index in [1.165, 1.54) is 5.56 Å². The Morgan fingerprint density at radius 2 is 2.08 bits per heavy atom. The molecule has 122 valence electrons. The monoisotopic (exact) mass is 400 g/mol. The molecule has 2 aromatic carbocycles. The highest BCUT2D eigenvalue weighted by atomic mass is 79.9. The molecule has 1 aromatic heterocycles. The number of aryl methyl sites for hydroxylation is 1. The maximum atomic E-state index is 12.3. The maximum Gasteiger partial charge on any atom is 0.246 e. The average molecular weight is 401 g/mol. The van der Waals surface area contributed by atoms with Crippen LogP contribution in [0.2, 0.25) is 0 Å². The van der Waals surface area contributed by atoms with Gasteiger partial charge in [0.15, 0.2) is 0 Å². The molecule has 0 fully saturated rings. The van der Waals surface area contributed by atoms with E-state index >= 15 is 0 Å². The van der Waals surface area contributed by atoms with E-state index < -0.39 is 0 Å². The van der Waals surface area contributed by atoms with Crippen molar-refractivity contribution in [3.63, 3.8) is 0 Å². The summed E-state index contributed by atoms with van der Waals surface area (Å²) in [5.41, 5.74) is 3.15. The van der Waals surface area contributed by atoms with Crippen molar-refractivity contribution in [1.82, 2.24) is 9.88 Å². The second kappa shape index (κ2) is 7.28. The van der Waals surface area contributed by atoms with E-state index in [9.17, 15) is 4.79 Å². The number of nitrogens with zero attached hydrogens (tertiary/aromatic N) is 2. The molecule has 0 saturated heterocycles. The molecule has 24 heavy (non-hydrogen) atoms. The van der Waals surface area contributed by atoms with Gasteiger partial charge in [0.1, 0.15) is 5.01 Å². The van der Waals surface area contributed by atoms with Gasteiger partial charge in [0.2, 0.25) is 5.91 Å². The number of benzene rings is 2. The number of carbonyl (C=O) groups excluding carboxylic acids is 1. The molecule has 5 heteroatoms. The van der Waals surface area contributed by atoms with Crippen molar-refractivity contribution in [2.45, 2.75) is 13.5 Å².